The summed E-state index contributed by atoms with van der Waals surface area (Å²) in [4.78, 5) is 36.3. The van der Waals surface area contributed by atoms with Crippen molar-refractivity contribution in [2.45, 2.75) is 33.2 Å². The summed E-state index contributed by atoms with van der Waals surface area (Å²) in [5.74, 6) is -1.62. The Labute approximate surface area is 206 Å². The van der Waals surface area contributed by atoms with Crippen LogP contribution in [0.5, 0.6) is 34.7 Å². The van der Waals surface area contributed by atoms with Crippen LogP contribution in [0.1, 0.15) is 27.2 Å². The molecule has 0 radical (unpaired) electrons. The van der Waals surface area contributed by atoms with E-state index >= 15 is 0 Å². The zero-order valence-electron chi connectivity index (χ0n) is 19.5. The molecule has 0 aliphatic heterocycles. The molecule has 0 saturated heterocycles. The largest absolute Gasteiger partial charge is 0.504 e. The number of nitrogens with two attached hydrogens (primary N) is 1. The Morgan fingerprint density at radius 1 is 1.09 bits per heavy atom. The number of rotatable bonds is 8. The first-order valence-corrected chi connectivity index (χ1v) is 10.5. The summed E-state index contributed by atoms with van der Waals surface area (Å²) in [7, 11) is 1.26. The van der Waals surface area contributed by atoms with Gasteiger partial charge in [-0.25, -0.2) is 4.79 Å². The predicted octanol–water partition coefficient (Wildman–Crippen LogP) is 3.93. The molecule has 1 heterocycles. The van der Waals surface area contributed by atoms with Crippen LogP contribution in [0.15, 0.2) is 45.6 Å². The lowest BCUT2D eigenvalue weighted by atomic mass is 10.1. The highest BCUT2D eigenvalue weighted by Gasteiger charge is 2.22. The topological polar surface area (TPSA) is 148 Å². The molecule has 2 aromatic carbocycles. The Morgan fingerprint density at radius 2 is 1.71 bits per heavy atom. The number of ether oxygens (including phenoxy) is 4. The summed E-state index contributed by atoms with van der Waals surface area (Å²) >= 11 is 0. The zero-order chi connectivity index (χ0) is 25.0. The molecule has 3 aromatic rings. The summed E-state index contributed by atoms with van der Waals surface area (Å²) in [5, 5.41) is 10.3. The maximum absolute atomic E-state index is 12.6. The first kappa shape index (κ1) is 27.5. The molecule has 3 rings (SSSR count). The molecule has 1 aromatic heterocycles. The molecule has 35 heavy (non-hydrogen) atoms. The van der Waals surface area contributed by atoms with E-state index in [-0.39, 0.29) is 64.7 Å². The number of phenolic OH excluding ortho intramolecular Hbond substituents is 1. The first-order valence-electron chi connectivity index (χ1n) is 10.5. The van der Waals surface area contributed by atoms with Crippen molar-refractivity contribution in [3.8, 4) is 34.7 Å². The standard InChI is InChI=1S/C24H25NO9.ClH/c1-5-18(27)33-17-11-16-20(22(28)23(17)30-4)15(26)10-19(34-16)31-13-6-8-14(9-7-13)32-24(29)21(25)12(2)3;/h6-12,21,28H,5,25H2,1-4H3;1H. The van der Waals surface area contributed by atoms with Gasteiger partial charge in [0.1, 0.15) is 28.5 Å². The Hall–Kier alpha value is -3.76. The minimum absolute atomic E-state index is 0. The molecule has 0 amide bonds. The maximum Gasteiger partial charge on any atom is 0.328 e. The SMILES string of the molecule is CCC(=O)Oc1cc2oc(Oc3ccc(OC(=O)C(N)C(C)C)cc3)cc(=O)c2c(O)c1OC.Cl. The highest BCUT2D eigenvalue weighted by atomic mass is 35.5. The first-order chi connectivity index (χ1) is 16.1. The van der Waals surface area contributed by atoms with Gasteiger partial charge in [0.05, 0.1) is 13.2 Å². The highest BCUT2D eigenvalue weighted by molar-refractivity contribution is 5.90. The summed E-state index contributed by atoms with van der Waals surface area (Å²) < 4.78 is 26.7. The number of carbonyl (C=O) groups excluding carboxylic acids is 2. The van der Waals surface area contributed by atoms with E-state index in [1.54, 1.807) is 6.92 Å². The van der Waals surface area contributed by atoms with Crippen molar-refractivity contribution in [2.75, 3.05) is 7.11 Å². The average Bonchev–Trinajstić information content (AvgIpc) is 2.79. The van der Waals surface area contributed by atoms with Crippen LogP contribution in [0.2, 0.25) is 0 Å². The van der Waals surface area contributed by atoms with E-state index in [9.17, 15) is 19.5 Å². The van der Waals surface area contributed by atoms with E-state index in [0.717, 1.165) is 6.07 Å². The number of aromatic hydroxyl groups is 1. The monoisotopic (exact) mass is 507 g/mol. The molecule has 0 aliphatic carbocycles. The summed E-state index contributed by atoms with van der Waals surface area (Å²) in [6, 6.07) is 7.57. The Bertz CT molecular complexity index is 1270. The second kappa shape index (κ2) is 11.6. The molecule has 0 bridgehead atoms. The van der Waals surface area contributed by atoms with Crippen LogP contribution < -0.4 is 30.1 Å². The van der Waals surface area contributed by atoms with Gasteiger partial charge in [-0.1, -0.05) is 20.8 Å². The minimum atomic E-state index is -0.751. The fourth-order valence-electron chi connectivity index (χ4n) is 2.91. The van der Waals surface area contributed by atoms with E-state index in [4.69, 9.17) is 29.1 Å². The van der Waals surface area contributed by atoms with Crippen molar-refractivity contribution in [1.82, 2.24) is 0 Å². The molecular formula is C24H26ClNO9. The van der Waals surface area contributed by atoms with Crippen LogP contribution >= 0.6 is 12.4 Å². The number of hydrogen-bond acceptors (Lipinski definition) is 10. The van der Waals surface area contributed by atoms with E-state index in [2.05, 4.69) is 0 Å². The second-order valence-electron chi connectivity index (χ2n) is 7.65. The van der Waals surface area contributed by atoms with E-state index in [1.807, 2.05) is 13.8 Å². The van der Waals surface area contributed by atoms with Gasteiger partial charge in [-0.2, -0.15) is 0 Å². The normalized spacial score (nSPS) is 11.5. The van der Waals surface area contributed by atoms with Crippen molar-refractivity contribution in [1.29, 1.82) is 0 Å². The van der Waals surface area contributed by atoms with E-state index in [1.165, 1.54) is 37.4 Å². The predicted molar refractivity (Wildman–Crippen MR) is 129 cm³/mol. The van der Waals surface area contributed by atoms with Crippen molar-refractivity contribution in [3.05, 3.63) is 46.6 Å². The lowest BCUT2D eigenvalue weighted by Crippen LogP contribution is -2.38. The molecule has 11 heteroatoms. The van der Waals surface area contributed by atoms with Crippen LogP contribution in [0.4, 0.5) is 0 Å². The third-order valence-corrected chi connectivity index (χ3v) is 4.86. The van der Waals surface area contributed by atoms with E-state index < -0.39 is 29.2 Å². The maximum atomic E-state index is 12.6. The number of carbonyl (C=O) groups is 2. The van der Waals surface area contributed by atoms with Crippen LogP contribution in [-0.2, 0) is 9.59 Å². The third kappa shape index (κ3) is 6.23. The van der Waals surface area contributed by atoms with Gasteiger partial charge in [0.2, 0.25) is 11.2 Å². The molecule has 0 aliphatic rings. The molecule has 1 atom stereocenters. The molecule has 0 spiro atoms. The van der Waals surface area contributed by atoms with Gasteiger partial charge in [0.25, 0.3) is 5.95 Å². The molecule has 1 unspecified atom stereocenters. The number of methoxy groups -OCH3 is 1. The fourth-order valence-corrected chi connectivity index (χ4v) is 2.91. The van der Waals surface area contributed by atoms with Crippen LogP contribution in [-0.4, -0.2) is 30.2 Å². The molecule has 0 saturated carbocycles. The molecule has 0 fully saturated rings. The summed E-state index contributed by atoms with van der Waals surface area (Å²) in [5.41, 5.74) is 5.10. The fraction of sp³-hybridized carbons (Fsp3) is 0.292. The summed E-state index contributed by atoms with van der Waals surface area (Å²) in [6.45, 7) is 5.23. The second-order valence-corrected chi connectivity index (χ2v) is 7.65. The Morgan fingerprint density at radius 3 is 2.29 bits per heavy atom. The number of benzene rings is 2. The average molecular weight is 508 g/mol. The lowest BCUT2D eigenvalue weighted by Gasteiger charge is -2.14. The van der Waals surface area contributed by atoms with Crippen molar-refractivity contribution >= 4 is 35.3 Å². The van der Waals surface area contributed by atoms with Gasteiger partial charge in [-0.15, -0.1) is 12.4 Å². The van der Waals surface area contributed by atoms with Crippen LogP contribution in [0.3, 0.4) is 0 Å². The van der Waals surface area contributed by atoms with Crippen LogP contribution in [0, 0.1) is 5.92 Å². The van der Waals surface area contributed by atoms with Crippen molar-refractivity contribution < 1.29 is 38.1 Å². The number of phenols is 1. The molecule has 10 nitrogen and oxygen atoms in total. The summed E-state index contributed by atoms with van der Waals surface area (Å²) in [6.07, 6.45) is 0.0871. The van der Waals surface area contributed by atoms with Gasteiger partial charge in [0.15, 0.2) is 11.5 Å². The molecule has 3 N–H and O–H groups in total. The number of esters is 2. The number of halogens is 1. The number of fused-ring (bicyclic) bond motifs is 1. The Balaban J connectivity index is 0.00000432. The minimum Gasteiger partial charge on any atom is -0.504 e. The Kier molecular flexibility index (Phi) is 9.10. The number of hydrogen-bond donors (Lipinski definition) is 2. The lowest BCUT2D eigenvalue weighted by molar-refractivity contribution is -0.137. The van der Waals surface area contributed by atoms with E-state index in [0.29, 0.717) is 0 Å². The quantitative estimate of drug-likeness (QED) is 0.339. The van der Waals surface area contributed by atoms with Crippen molar-refractivity contribution in [2.24, 2.45) is 11.7 Å². The van der Waals surface area contributed by atoms with Gasteiger partial charge in [-0.05, 0) is 30.2 Å². The van der Waals surface area contributed by atoms with Crippen molar-refractivity contribution in [3.63, 3.8) is 0 Å². The van der Waals surface area contributed by atoms with Crippen LogP contribution in [0.25, 0.3) is 11.0 Å². The van der Waals surface area contributed by atoms with Gasteiger partial charge in [-0.3, -0.25) is 9.59 Å². The zero-order valence-corrected chi connectivity index (χ0v) is 20.3. The smallest absolute Gasteiger partial charge is 0.328 e. The highest BCUT2D eigenvalue weighted by Crippen LogP contribution is 2.42. The molecular weight excluding hydrogens is 482 g/mol. The van der Waals surface area contributed by atoms with Gasteiger partial charge >= 0.3 is 11.9 Å². The van der Waals surface area contributed by atoms with Gasteiger partial charge in [0, 0.05) is 12.5 Å². The van der Waals surface area contributed by atoms with Gasteiger partial charge < -0.3 is 34.2 Å². The molecule has 188 valence electrons. The third-order valence-electron chi connectivity index (χ3n) is 4.86.